The van der Waals surface area contributed by atoms with E-state index in [1.807, 2.05) is 13.8 Å². The van der Waals surface area contributed by atoms with Crippen molar-refractivity contribution < 1.29 is 14.3 Å². The molecule has 146 valence electrons. The van der Waals surface area contributed by atoms with Gasteiger partial charge in [-0.2, -0.15) is 0 Å². The van der Waals surface area contributed by atoms with Gasteiger partial charge >= 0.3 is 0 Å². The fraction of sp³-hybridized carbons (Fsp3) is 0.524. The number of hydrogen-bond acceptors (Lipinski definition) is 4. The van der Waals surface area contributed by atoms with E-state index in [2.05, 4.69) is 10.3 Å². The Labute approximate surface area is 159 Å². The van der Waals surface area contributed by atoms with Crippen molar-refractivity contribution in [3.05, 3.63) is 35.8 Å². The first-order valence-electron chi connectivity index (χ1n) is 9.45. The summed E-state index contributed by atoms with van der Waals surface area (Å²) in [6.45, 7) is 3.69. The molecule has 3 rings (SSSR count). The van der Waals surface area contributed by atoms with Crippen molar-refractivity contribution in [2.24, 2.45) is 5.92 Å². The Bertz CT molecular complexity index is 837. The van der Waals surface area contributed by atoms with Crippen LogP contribution in [-0.4, -0.2) is 41.7 Å². The van der Waals surface area contributed by atoms with Crippen LogP contribution < -0.4 is 10.2 Å². The molecule has 1 amide bonds. The molecule has 1 aromatic heterocycles. The highest BCUT2D eigenvalue weighted by Gasteiger charge is 2.31. The van der Waals surface area contributed by atoms with Crippen molar-refractivity contribution in [2.45, 2.75) is 51.2 Å². The highest BCUT2D eigenvalue weighted by molar-refractivity contribution is 5.97. The Kier molecular flexibility index (Phi) is 5.38. The average molecular weight is 373 g/mol. The molecule has 2 N–H and O–H groups in total. The molecule has 1 aliphatic carbocycles. The summed E-state index contributed by atoms with van der Waals surface area (Å²) >= 11 is 0. The van der Waals surface area contributed by atoms with Crippen LogP contribution in [0, 0.1) is 11.7 Å². The van der Waals surface area contributed by atoms with Crippen molar-refractivity contribution in [3.63, 3.8) is 0 Å². The number of aromatic nitrogens is 1. The molecular formula is C21H28FN3O2. The maximum atomic E-state index is 14.2. The Balaban J connectivity index is 1.70. The molecule has 1 aliphatic rings. The van der Waals surface area contributed by atoms with Crippen molar-refractivity contribution in [3.8, 4) is 0 Å². The van der Waals surface area contributed by atoms with Gasteiger partial charge in [-0.15, -0.1) is 0 Å². The Morgan fingerprint density at radius 1 is 1.22 bits per heavy atom. The molecule has 0 saturated heterocycles. The van der Waals surface area contributed by atoms with Crippen LogP contribution in [0.25, 0.3) is 10.9 Å². The number of nitrogens with zero attached hydrogens (tertiary/aromatic N) is 2. The predicted octanol–water partition coefficient (Wildman–Crippen LogP) is 3.50. The fourth-order valence-corrected chi connectivity index (χ4v) is 3.82. The van der Waals surface area contributed by atoms with Gasteiger partial charge in [-0.1, -0.05) is 0 Å². The number of halogens is 1. The molecule has 0 atom stereocenters. The van der Waals surface area contributed by atoms with E-state index in [0.29, 0.717) is 22.2 Å². The number of carbonyl (C=O) groups is 1. The van der Waals surface area contributed by atoms with Gasteiger partial charge in [0.15, 0.2) is 0 Å². The number of amides is 1. The summed E-state index contributed by atoms with van der Waals surface area (Å²) in [5, 5.41) is 13.8. The molecule has 0 radical (unpaired) electrons. The molecule has 0 aliphatic heterocycles. The number of aliphatic hydroxyl groups is 1. The molecule has 1 fully saturated rings. The lowest BCUT2D eigenvalue weighted by Gasteiger charge is -2.36. The number of pyridine rings is 1. The van der Waals surface area contributed by atoms with Crippen LogP contribution in [-0.2, 0) is 0 Å². The largest absolute Gasteiger partial charge is 0.390 e. The molecule has 1 saturated carbocycles. The Morgan fingerprint density at radius 2 is 1.89 bits per heavy atom. The first-order chi connectivity index (χ1) is 12.6. The van der Waals surface area contributed by atoms with Gasteiger partial charge in [0.2, 0.25) is 0 Å². The normalized spacial score (nSPS) is 20.5. The van der Waals surface area contributed by atoms with Gasteiger partial charge in [0.05, 0.1) is 22.4 Å². The molecule has 2 aromatic rings. The highest BCUT2D eigenvalue weighted by Crippen LogP contribution is 2.32. The number of carbonyl (C=O) groups excluding carboxylic acids is 1. The summed E-state index contributed by atoms with van der Waals surface area (Å²) in [5.74, 6) is -0.258. The van der Waals surface area contributed by atoms with Crippen LogP contribution in [0.1, 0.15) is 49.9 Å². The number of fused-ring (bicyclic) bond motifs is 1. The van der Waals surface area contributed by atoms with E-state index in [4.69, 9.17) is 0 Å². The fourth-order valence-electron chi connectivity index (χ4n) is 3.82. The smallest absolute Gasteiger partial charge is 0.253 e. The third-order valence-electron chi connectivity index (χ3n) is 5.56. The summed E-state index contributed by atoms with van der Waals surface area (Å²) < 4.78 is 14.2. The van der Waals surface area contributed by atoms with Gasteiger partial charge in [-0.25, -0.2) is 4.39 Å². The van der Waals surface area contributed by atoms with E-state index >= 15 is 0 Å². The molecule has 6 heteroatoms. The zero-order chi connectivity index (χ0) is 19.8. The van der Waals surface area contributed by atoms with Gasteiger partial charge in [0.1, 0.15) is 5.82 Å². The van der Waals surface area contributed by atoms with Crippen molar-refractivity contribution in [2.75, 3.05) is 19.0 Å². The van der Waals surface area contributed by atoms with E-state index in [1.165, 1.54) is 12.3 Å². The first-order valence-corrected chi connectivity index (χ1v) is 9.45. The van der Waals surface area contributed by atoms with E-state index in [9.17, 15) is 14.3 Å². The van der Waals surface area contributed by atoms with E-state index in [-0.39, 0.29) is 23.7 Å². The van der Waals surface area contributed by atoms with E-state index in [1.54, 1.807) is 31.1 Å². The second-order valence-corrected chi connectivity index (χ2v) is 8.29. The van der Waals surface area contributed by atoms with Gasteiger partial charge in [0.25, 0.3) is 5.91 Å². The number of nitrogens with one attached hydrogen (secondary N) is 1. The maximum Gasteiger partial charge on any atom is 0.253 e. The van der Waals surface area contributed by atoms with Crippen LogP contribution in [0.2, 0.25) is 0 Å². The molecule has 0 unspecified atom stereocenters. The summed E-state index contributed by atoms with van der Waals surface area (Å²) in [6, 6.07) is 4.88. The van der Waals surface area contributed by atoms with Crippen LogP contribution >= 0.6 is 0 Å². The van der Waals surface area contributed by atoms with Crippen molar-refractivity contribution >= 4 is 22.5 Å². The Hall–Kier alpha value is -2.21. The first kappa shape index (κ1) is 19.5. The second-order valence-electron chi connectivity index (χ2n) is 8.29. The third-order valence-corrected chi connectivity index (χ3v) is 5.56. The van der Waals surface area contributed by atoms with Crippen molar-refractivity contribution in [1.82, 2.24) is 10.3 Å². The van der Waals surface area contributed by atoms with Gasteiger partial charge in [-0.3, -0.25) is 9.78 Å². The molecule has 1 aromatic carbocycles. The monoisotopic (exact) mass is 373 g/mol. The minimum atomic E-state index is -0.674. The zero-order valence-corrected chi connectivity index (χ0v) is 16.4. The average Bonchev–Trinajstić information content (AvgIpc) is 2.60. The molecule has 0 spiro atoms. The predicted molar refractivity (Wildman–Crippen MR) is 106 cm³/mol. The van der Waals surface area contributed by atoms with E-state index < -0.39 is 5.60 Å². The maximum absolute atomic E-state index is 14.2. The lowest BCUT2D eigenvalue weighted by molar-refractivity contribution is -0.00257. The number of benzene rings is 1. The second kappa shape index (κ2) is 7.43. The van der Waals surface area contributed by atoms with Crippen LogP contribution in [0.4, 0.5) is 10.1 Å². The van der Waals surface area contributed by atoms with Gasteiger partial charge in [-0.05, 0) is 63.6 Å². The van der Waals surface area contributed by atoms with E-state index in [0.717, 1.165) is 25.7 Å². The number of anilines is 1. The quantitative estimate of drug-likeness (QED) is 0.861. The molecule has 5 nitrogen and oxygen atoms in total. The highest BCUT2D eigenvalue weighted by atomic mass is 19.1. The summed E-state index contributed by atoms with van der Waals surface area (Å²) in [5.41, 5.74) is 0.884. The topological polar surface area (TPSA) is 65.5 Å². The number of rotatable bonds is 4. The van der Waals surface area contributed by atoms with Gasteiger partial charge in [0, 0.05) is 31.7 Å². The molecule has 27 heavy (non-hydrogen) atoms. The molecule has 1 heterocycles. The summed E-state index contributed by atoms with van der Waals surface area (Å²) in [6.07, 6.45) is 5.02. The van der Waals surface area contributed by atoms with Crippen molar-refractivity contribution in [1.29, 1.82) is 0 Å². The SMILES string of the molecule is CN(C)c1cc2ncc(C(=O)N[C@H]3CC[C@H](C(C)(C)O)CC3)cc2cc1F. The van der Waals surface area contributed by atoms with Gasteiger partial charge < -0.3 is 15.3 Å². The summed E-state index contributed by atoms with van der Waals surface area (Å²) in [4.78, 5) is 18.6. The number of hydrogen-bond donors (Lipinski definition) is 2. The lowest BCUT2D eigenvalue weighted by atomic mass is 9.77. The zero-order valence-electron chi connectivity index (χ0n) is 16.4. The molecule has 0 bridgehead atoms. The standard InChI is InChI=1S/C21H28FN3O2/c1-21(2,27)15-5-7-16(8-6-15)24-20(26)14-9-13-10-17(22)19(25(3)4)11-18(13)23-12-14/h9-12,15-16,27H,5-8H2,1-4H3,(H,24,26)/t15-,16-. The molecular weight excluding hydrogens is 345 g/mol. The van der Waals surface area contributed by atoms with Crippen LogP contribution in [0.5, 0.6) is 0 Å². The Morgan fingerprint density at radius 3 is 2.48 bits per heavy atom. The summed E-state index contributed by atoms with van der Waals surface area (Å²) in [7, 11) is 3.55. The van der Waals surface area contributed by atoms with Crippen LogP contribution in [0.3, 0.4) is 0 Å². The minimum absolute atomic E-state index is 0.0969. The third kappa shape index (κ3) is 4.38. The van der Waals surface area contributed by atoms with Crippen LogP contribution in [0.15, 0.2) is 24.4 Å². The minimum Gasteiger partial charge on any atom is -0.390 e. The lowest BCUT2D eigenvalue weighted by Crippen LogP contribution is -2.41.